The molecule has 3 aromatic rings. The molecule has 0 saturated heterocycles. The summed E-state index contributed by atoms with van der Waals surface area (Å²) in [7, 11) is 0. The van der Waals surface area contributed by atoms with Gasteiger partial charge in [0.1, 0.15) is 12.4 Å². The first-order chi connectivity index (χ1) is 16.1. The van der Waals surface area contributed by atoms with Gasteiger partial charge < -0.3 is 19.5 Å². The van der Waals surface area contributed by atoms with Crippen LogP contribution in [0.4, 0.5) is 0 Å². The minimum atomic E-state index is -0.470. The molecule has 0 atom stereocenters. The third-order valence-corrected chi connectivity index (χ3v) is 5.14. The largest absolute Gasteiger partial charge is 0.488 e. The lowest BCUT2D eigenvalue weighted by molar-refractivity contribution is -0.120. The Morgan fingerprint density at radius 2 is 1.85 bits per heavy atom. The van der Waals surface area contributed by atoms with Gasteiger partial charge in [0.05, 0.1) is 12.8 Å². The SMILES string of the molecule is O=C(CNC(=O)c1ccc2c(c1)OCO2)NN=Cc1cc(Br)ccc1OCc1ccccc1. The van der Waals surface area contributed by atoms with Gasteiger partial charge in [-0.2, -0.15) is 5.10 Å². The molecule has 9 heteroatoms. The molecule has 0 aliphatic carbocycles. The van der Waals surface area contributed by atoms with Crippen molar-refractivity contribution in [3.05, 3.63) is 87.9 Å². The minimum absolute atomic E-state index is 0.123. The molecule has 0 unspecified atom stereocenters. The van der Waals surface area contributed by atoms with E-state index in [1.54, 1.807) is 18.2 Å². The van der Waals surface area contributed by atoms with Crippen LogP contribution in [0.3, 0.4) is 0 Å². The molecule has 0 spiro atoms. The highest BCUT2D eigenvalue weighted by molar-refractivity contribution is 9.10. The molecule has 0 aromatic heterocycles. The van der Waals surface area contributed by atoms with Crippen LogP contribution in [0.25, 0.3) is 0 Å². The Kier molecular flexibility index (Phi) is 7.21. The number of amides is 2. The third kappa shape index (κ3) is 6.11. The van der Waals surface area contributed by atoms with E-state index in [9.17, 15) is 9.59 Å². The highest BCUT2D eigenvalue weighted by Crippen LogP contribution is 2.32. The topological polar surface area (TPSA) is 98.3 Å². The van der Waals surface area contributed by atoms with E-state index in [0.717, 1.165) is 10.0 Å². The highest BCUT2D eigenvalue weighted by Gasteiger charge is 2.16. The zero-order valence-electron chi connectivity index (χ0n) is 17.4. The summed E-state index contributed by atoms with van der Waals surface area (Å²) in [5, 5.41) is 6.53. The second-order valence-corrected chi connectivity index (χ2v) is 7.92. The van der Waals surface area contributed by atoms with Crippen molar-refractivity contribution in [2.45, 2.75) is 6.61 Å². The minimum Gasteiger partial charge on any atom is -0.488 e. The predicted octanol–water partition coefficient (Wildman–Crippen LogP) is 3.64. The number of halogens is 1. The van der Waals surface area contributed by atoms with Crippen LogP contribution < -0.4 is 25.0 Å². The molecular weight excluding hydrogens is 490 g/mol. The van der Waals surface area contributed by atoms with Crippen molar-refractivity contribution < 1.29 is 23.8 Å². The quantitative estimate of drug-likeness (QED) is 0.356. The molecular formula is C24H20BrN3O5. The fourth-order valence-electron chi connectivity index (χ4n) is 3.00. The molecule has 0 radical (unpaired) electrons. The van der Waals surface area contributed by atoms with Crippen molar-refractivity contribution in [3.8, 4) is 17.2 Å². The molecule has 2 N–H and O–H groups in total. The number of ether oxygens (including phenoxy) is 3. The molecule has 8 nitrogen and oxygen atoms in total. The van der Waals surface area contributed by atoms with Crippen LogP contribution in [0, 0.1) is 0 Å². The van der Waals surface area contributed by atoms with Crippen molar-refractivity contribution >= 4 is 34.0 Å². The molecule has 3 aromatic carbocycles. The molecule has 168 valence electrons. The van der Waals surface area contributed by atoms with E-state index >= 15 is 0 Å². The van der Waals surface area contributed by atoms with E-state index < -0.39 is 11.8 Å². The van der Waals surface area contributed by atoms with Crippen LogP contribution in [0.2, 0.25) is 0 Å². The first-order valence-electron chi connectivity index (χ1n) is 10.0. The van der Waals surface area contributed by atoms with Gasteiger partial charge in [0.2, 0.25) is 6.79 Å². The summed E-state index contributed by atoms with van der Waals surface area (Å²) >= 11 is 3.43. The van der Waals surface area contributed by atoms with Crippen molar-refractivity contribution in [2.75, 3.05) is 13.3 Å². The number of carbonyl (C=O) groups is 2. The van der Waals surface area contributed by atoms with Gasteiger partial charge in [-0.05, 0) is 42.0 Å². The average molecular weight is 510 g/mol. The van der Waals surface area contributed by atoms with Gasteiger partial charge in [-0.1, -0.05) is 46.3 Å². The molecule has 1 heterocycles. The van der Waals surface area contributed by atoms with E-state index in [0.29, 0.717) is 35.0 Å². The Morgan fingerprint density at radius 1 is 1.03 bits per heavy atom. The van der Waals surface area contributed by atoms with E-state index in [-0.39, 0.29) is 13.3 Å². The van der Waals surface area contributed by atoms with Crippen molar-refractivity contribution in [1.82, 2.24) is 10.7 Å². The summed E-state index contributed by atoms with van der Waals surface area (Å²) in [6.45, 7) is 0.292. The number of hydrogen-bond acceptors (Lipinski definition) is 6. The predicted molar refractivity (Wildman–Crippen MR) is 126 cm³/mol. The van der Waals surface area contributed by atoms with Crippen LogP contribution in [-0.4, -0.2) is 31.4 Å². The fourth-order valence-corrected chi connectivity index (χ4v) is 3.38. The van der Waals surface area contributed by atoms with Gasteiger partial charge in [0.15, 0.2) is 11.5 Å². The summed E-state index contributed by atoms with van der Waals surface area (Å²) < 4.78 is 17.2. The van der Waals surface area contributed by atoms with Crippen LogP contribution >= 0.6 is 15.9 Å². The molecule has 33 heavy (non-hydrogen) atoms. The first kappa shape index (κ1) is 22.3. The maximum atomic E-state index is 12.3. The Bertz CT molecular complexity index is 1180. The lowest BCUT2D eigenvalue weighted by Crippen LogP contribution is -2.34. The Morgan fingerprint density at radius 3 is 2.70 bits per heavy atom. The van der Waals surface area contributed by atoms with Crippen molar-refractivity contribution in [3.63, 3.8) is 0 Å². The molecule has 0 fully saturated rings. The van der Waals surface area contributed by atoms with E-state index in [4.69, 9.17) is 14.2 Å². The van der Waals surface area contributed by atoms with E-state index in [1.807, 2.05) is 48.5 Å². The van der Waals surface area contributed by atoms with Crippen LogP contribution in [0.1, 0.15) is 21.5 Å². The summed E-state index contributed by atoms with van der Waals surface area (Å²) in [5.41, 5.74) is 4.49. The molecule has 2 amide bonds. The Balaban J connectivity index is 1.29. The molecule has 0 saturated carbocycles. The first-order valence-corrected chi connectivity index (χ1v) is 10.8. The number of hydrazone groups is 1. The van der Waals surface area contributed by atoms with Crippen LogP contribution in [-0.2, 0) is 11.4 Å². The summed E-state index contributed by atoms with van der Waals surface area (Å²) in [6.07, 6.45) is 1.49. The smallest absolute Gasteiger partial charge is 0.259 e. The lowest BCUT2D eigenvalue weighted by Gasteiger charge is -2.10. The number of nitrogens with zero attached hydrogens (tertiary/aromatic N) is 1. The highest BCUT2D eigenvalue weighted by atomic mass is 79.9. The average Bonchev–Trinajstić information content (AvgIpc) is 3.31. The summed E-state index contributed by atoms with van der Waals surface area (Å²) in [4.78, 5) is 24.4. The van der Waals surface area contributed by atoms with Gasteiger partial charge in [0, 0.05) is 15.6 Å². The molecule has 0 bridgehead atoms. The standard InChI is InChI=1S/C24H20BrN3O5/c25-19-7-9-20(31-14-16-4-2-1-3-5-16)18(10-19)12-27-28-23(29)13-26-24(30)17-6-8-21-22(11-17)33-15-32-21/h1-12H,13-15H2,(H,26,30)(H,28,29). The lowest BCUT2D eigenvalue weighted by atomic mass is 10.2. The number of fused-ring (bicyclic) bond motifs is 1. The van der Waals surface area contributed by atoms with Gasteiger partial charge in [-0.25, -0.2) is 5.43 Å². The Labute approximate surface area is 198 Å². The maximum absolute atomic E-state index is 12.3. The Hall–Kier alpha value is -3.85. The van der Waals surface area contributed by atoms with Gasteiger partial charge in [0.25, 0.3) is 11.8 Å². The molecule has 1 aliphatic heterocycles. The van der Waals surface area contributed by atoms with Gasteiger partial charge >= 0.3 is 0 Å². The van der Waals surface area contributed by atoms with Crippen LogP contribution in [0.5, 0.6) is 17.2 Å². The zero-order valence-corrected chi connectivity index (χ0v) is 19.0. The second-order valence-electron chi connectivity index (χ2n) is 7.00. The number of benzene rings is 3. The number of hydrogen-bond donors (Lipinski definition) is 2. The second kappa shape index (κ2) is 10.6. The number of rotatable bonds is 8. The molecule has 4 rings (SSSR count). The van der Waals surface area contributed by atoms with Gasteiger partial charge in [-0.3, -0.25) is 9.59 Å². The third-order valence-electron chi connectivity index (χ3n) is 4.65. The molecule has 1 aliphatic rings. The van der Waals surface area contributed by atoms with E-state index in [2.05, 4.69) is 31.8 Å². The van der Waals surface area contributed by atoms with Gasteiger partial charge in [-0.15, -0.1) is 0 Å². The number of carbonyl (C=O) groups excluding carboxylic acids is 2. The fraction of sp³-hybridized carbons (Fsp3) is 0.125. The van der Waals surface area contributed by atoms with E-state index in [1.165, 1.54) is 6.21 Å². The summed E-state index contributed by atoms with van der Waals surface area (Å²) in [5.74, 6) is 0.823. The van der Waals surface area contributed by atoms with Crippen LogP contribution in [0.15, 0.2) is 76.3 Å². The zero-order chi connectivity index (χ0) is 23.0. The maximum Gasteiger partial charge on any atom is 0.259 e. The summed E-state index contributed by atoms with van der Waals surface area (Å²) in [6, 6.07) is 20.1. The van der Waals surface area contributed by atoms with Crippen molar-refractivity contribution in [1.29, 1.82) is 0 Å². The monoisotopic (exact) mass is 509 g/mol. The normalized spacial score (nSPS) is 11.9. The van der Waals surface area contributed by atoms with Crippen molar-refractivity contribution in [2.24, 2.45) is 5.10 Å². The number of nitrogens with one attached hydrogen (secondary N) is 2.